The molecule has 0 amide bonds. The maximum atomic E-state index is 12.5. The van der Waals surface area contributed by atoms with Crippen molar-refractivity contribution in [3.05, 3.63) is 28.2 Å². The van der Waals surface area contributed by atoms with Crippen LogP contribution in [0.5, 0.6) is 0 Å². The van der Waals surface area contributed by atoms with E-state index in [0.717, 1.165) is 6.07 Å². The highest BCUT2D eigenvalue weighted by Gasteiger charge is 2.11. The maximum Gasteiger partial charge on any atom is 0.339 e. The first kappa shape index (κ1) is 9.12. The van der Waals surface area contributed by atoms with Crippen molar-refractivity contribution in [2.24, 2.45) is 0 Å². The fraction of sp³-hybridized carbons (Fsp3) is 0.143. The molecule has 0 spiro atoms. The van der Waals surface area contributed by atoms with Gasteiger partial charge >= 0.3 is 5.97 Å². The first-order valence-corrected chi connectivity index (χ1v) is 3.84. The molecule has 0 fully saturated rings. The summed E-state index contributed by atoms with van der Waals surface area (Å²) in [7, 11) is 1.23. The third-order valence-corrected chi connectivity index (χ3v) is 1.86. The number of nitrogens with zero attached hydrogens (tertiary/aromatic N) is 1. The fourth-order valence-corrected chi connectivity index (χ4v) is 1.06. The molecule has 1 aromatic heterocycles. The van der Waals surface area contributed by atoms with Crippen LogP contribution in [0.3, 0.4) is 0 Å². The summed E-state index contributed by atoms with van der Waals surface area (Å²) in [6, 6.07) is 1.01. The molecule has 0 aliphatic heterocycles. The van der Waals surface area contributed by atoms with Crippen LogP contribution < -0.4 is 0 Å². The molecule has 0 atom stereocenters. The lowest BCUT2D eigenvalue weighted by molar-refractivity contribution is 0.0599. The molecular formula is C7H5BrFNO2. The predicted octanol–water partition coefficient (Wildman–Crippen LogP) is 1.77. The van der Waals surface area contributed by atoms with E-state index < -0.39 is 11.9 Å². The van der Waals surface area contributed by atoms with E-state index in [4.69, 9.17) is 0 Å². The van der Waals surface area contributed by atoms with Gasteiger partial charge in [0.1, 0.15) is 0 Å². The van der Waals surface area contributed by atoms with Gasteiger partial charge in [0.25, 0.3) is 0 Å². The molecule has 3 nitrogen and oxygen atoms in total. The Morgan fingerprint density at radius 1 is 1.75 bits per heavy atom. The van der Waals surface area contributed by atoms with Crippen LogP contribution in [0.15, 0.2) is 16.7 Å². The standard InChI is InChI=1S/C7H5BrFNO2/c1-12-7(11)4-2-6(9)10-3-5(4)8/h2-3H,1H3. The highest BCUT2D eigenvalue weighted by molar-refractivity contribution is 9.10. The molecule has 0 aliphatic rings. The van der Waals surface area contributed by atoms with E-state index in [0.29, 0.717) is 4.47 Å². The van der Waals surface area contributed by atoms with Gasteiger partial charge < -0.3 is 4.74 Å². The SMILES string of the molecule is COC(=O)c1cc(F)ncc1Br. The van der Waals surface area contributed by atoms with Gasteiger partial charge in [-0.3, -0.25) is 0 Å². The zero-order valence-corrected chi connectivity index (χ0v) is 7.76. The van der Waals surface area contributed by atoms with Gasteiger partial charge in [-0.25, -0.2) is 9.78 Å². The highest BCUT2D eigenvalue weighted by Crippen LogP contribution is 2.16. The number of aromatic nitrogens is 1. The van der Waals surface area contributed by atoms with Crippen molar-refractivity contribution in [1.82, 2.24) is 4.98 Å². The normalized spacial score (nSPS) is 9.58. The molecule has 0 radical (unpaired) electrons. The first-order chi connectivity index (χ1) is 5.65. The fourth-order valence-electron chi connectivity index (χ4n) is 0.680. The van der Waals surface area contributed by atoms with Crippen molar-refractivity contribution < 1.29 is 13.9 Å². The van der Waals surface area contributed by atoms with Crippen LogP contribution >= 0.6 is 15.9 Å². The number of hydrogen-bond acceptors (Lipinski definition) is 3. The Balaban J connectivity index is 3.13. The van der Waals surface area contributed by atoms with E-state index >= 15 is 0 Å². The molecule has 12 heavy (non-hydrogen) atoms. The third-order valence-electron chi connectivity index (χ3n) is 1.23. The van der Waals surface area contributed by atoms with E-state index in [1.807, 2.05) is 0 Å². The summed E-state index contributed by atoms with van der Waals surface area (Å²) in [5.41, 5.74) is 0.130. The Labute approximate surface area is 76.7 Å². The lowest BCUT2D eigenvalue weighted by Gasteiger charge is -2.00. The lowest BCUT2D eigenvalue weighted by atomic mass is 10.3. The van der Waals surface area contributed by atoms with Gasteiger partial charge in [0.15, 0.2) is 0 Å². The van der Waals surface area contributed by atoms with Crippen LogP contribution in [0.4, 0.5) is 4.39 Å². The van der Waals surface area contributed by atoms with Crippen molar-refractivity contribution >= 4 is 21.9 Å². The predicted molar refractivity (Wildman–Crippen MR) is 43.2 cm³/mol. The van der Waals surface area contributed by atoms with Crippen LogP contribution in [0.25, 0.3) is 0 Å². The molecule has 0 unspecified atom stereocenters. The first-order valence-electron chi connectivity index (χ1n) is 3.04. The van der Waals surface area contributed by atoms with Gasteiger partial charge in [-0.2, -0.15) is 4.39 Å². The van der Waals surface area contributed by atoms with E-state index in [-0.39, 0.29) is 5.56 Å². The summed E-state index contributed by atoms with van der Waals surface area (Å²) in [5.74, 6) is -1.30. The molecule has 0 saturated carbocycles. The number of methoxy groups -OCH3 is 1. The number of hydrogen-bond donors (Lipinski definition) is 0. The van der Waals surface area contributed by atoms with Crippen molar-refractivity contribution in [3.8, 4) is 0 Å². The van der Waals surface area contributed by atoms with Gasteiger partial charge in [-0.05, 0) is 15.9 Å². The lowest BCUT2D eigenvalue weighted by Crippen LogP contribution is -2.03. The summed E-state index contributed by atoms with van der Waals surface area (Å²) >= 11 is 3.04. The molecular weight excluding hydrogens is 229 g/mol. The van der Waals surface area contributed by atoms with Crippen molar-refractivity contribution in [1.29, 1.82) is 0 Å². The van der Waals surface area contributed by atoms with E-state index in [1.165, 1.54) is 13.3 Å². The zero-order chi connectivity index (χ0) is 9.14. The summed E-state index contributed by atoms with van der Waals surface area (Å²) in [6.45, 7) is 0. The molecule has 1 aromatic rings. The molecule has 1 rings (SSSR count). The molecule has 1 heterocycles. The van der Waals surface area contributed by atoms with Crippen molar-refractivity contribution in [2.75, 3.05) is 7.11 Å². The van der Waals surface area contributed by atoms with Gasteiger partial charge in [-0.1, -0.05) is 0 Å². The molecule has 64 valence electrons. The molecule has 0 aromatic carbocycles. The van der Waals surface area contributed by atoms with Gasteiger partial charge in [-0.15, -0.1) is 0 Å². The smallest absolute Gasteiger partial charge is 0.339 e. The topological polar surface area (TPSA) is 39.2 Å². The second-order valence-electron chi connectivity index (χ2n) is 1.98. The molecule has 0 bridgehead atoms. The number of ether oxygens (including phenoxy) is 1. The van der Waals surface area contributed by atoms with Gasteiger partial charge in [0, 0.05) is 12.3 Å². The average Bonchev–Trinajstić information content (AvgIpc) is 2.08. The summed E-state index contributed by atoms with van der Waals surface area (Å²) in [5, 5.41) is 0. The monoisotopic (exact) mass is 233 g/mol. The quantitative estimate of drug-likeness (QED) is 0.549. The average molecular weight is 234 g/mol. The number of esters is 1. The zero-order valence-electron chi connectivity index (χ0n) is 6.17. The molecule has 0 N–H and O–H groups in total. The largest absolute Gasteiger partial charge is 0.465 e. The Hall–Kier alpha value is -0.970. The minimum absolute atomic E-state index is 0.130. The summed E-state index contributed by atoms with van der Waals surface area (Å²) in [6.07, 6.45) is 1.21. The van der Waals surface area contributed by atoms with E-state index in [1.54, 1.807) is 0 Å². The van der Waals surface area contributed by atoms with E-state index in [9.17, 15) is 9.18 Å². The molecule has 0 aliphatic carbocycles. The van der Waals surface area contributed by atoms with Crippen LogP contribution in [-0.2, 0) is 4.74 Å². The Morgan fingerprint density at radius 2 is 2.42 bits per heavy atom. The van der Waals surface area contributed by atoms with E-state index in [2.05, 4.69) is 25.7 Å². The summed E-state index contributed by atoms with van der Waals surface area (Å²) in [4.78, 5) is 14.3. The molecule has 0 saturated heterocycles. The van der Waals surface area contributed by atoms with Crippen LogP contribution in [0.1, 0.15) is 10.4 Å². The second kappa shape index (κ2) is 3.62. The third kappa shape index (κ3) is 1.79. The van der Waals surface area contributed by atoms with Crippen LogP contribution in [0.2, 0.25) is 0 Å². The Kier molecular flexibility index (Phi) is 2.75. The minimum atomic E-state index is -0.710. The summed E-state index contributed by atoms with van der Waals surface area (Å²) < 4.78 is 17.3. The minimum Gasteiger partial charge on any atom is -0.465 e. The van der Waals surface area contributed by atoms with Gasteiger partial charge in [0.05, 0.1) is 17.1 Å². The number of carbonyl (C=O) groups excluding carboxylic acids is 1. The van der Waals surface area contributed by atoms with Crippen molar-refractivity contribution in [3.63, 3.8) is 0 Å². The maximum absolute atomic E-state index is 12.5. The highest BCUT2D eigenvalue weighted by atomic mass is 79.9. The number of pyridine rings is 1. The van der Waals surface area contributed by atoms with Crippen LogP contribution in [-0.4, -0.2) is 18.1 Å². The Bertz CT molecular complexity index is 316. The van der Waals surface area contributed by atoms with Crippen LogP contribution in [0, 0.1) is 5.95 Å². The number of carbonyl (C=O) groups is 1. The molecule has 5 heteroatoms. The van der Waals surface area contributed by atoms with Crippen molar-refractivity contribution in [2.45, 2.75) is 0 Å². The Morgan fingerprint density at radius 3 is 3.00 bits per heavy atom. The van der Waals surface area contributed by atoms with Gasteiger partial charge in [0.2, 0.25) is 5.95 Å². The number of rotatable bonds is 1. The second-order valence-corrected chi connectivity index (χ2v) is 2.83. The number of halogens is 2.